The van der Waals surface area contributed by atoms with Gasteiger partial charge in [-0.25, -0.2) is 0 Å². The lowest BCUT2D eigenvalue weighted by Gasteiger charge is -2.16. The van der Waals surface area contributed by atoms with Gasteiger partial charge in [0.2, 0.25) is 0 Å². The van der Waals surface area contributed by atoms with Crippen LogP contribution in [0, 0.1) is 5.92 Å². The minimum Gasteiger partial charge on any atom is -0.315 e. The van der Waals surface area contributed by atoms with Crippen LogP contribution in [-0.4, -0.2) is 63.7 Å². The van der Waals surface area contributed by atoms with Gasteiger partial charge in [-0.1, -0.05) is 0 Å². The summed E-state index contributed by atoms with van der Waals surface area (Å²) >= 11 is 0. The van der Waals surface area contributed by atoms with Gasteiger partial charge in [0.05, 0.1) is 0 Å². The minimum absolute atomic E-state index is 1.02. The molecule has 3 nitrogen and oxygen atoms in total. The Morgan fingerprint density at radius 1 is 1.07 bits per heavy atom. The number of hydrogen-bond donors (Lipinski definition) is 1. The first-order valence-corrected chi connectivity index (χ1v) is 6.22. The van der Waals surface area contributed by atoms with Crippen molar-refractivity contribution < 1.29 is 0 Å². The SMILES string of the molecule is CN(C)CCCNCCN(C)CC1CC1. The first-order chi connectivity index (χ1) is 7.18. The highest BCUT2D eigenvalue weighted by atomic mass is 15.1. The zero-order valence-corrected chi connectivity index (χ0v) is 10.6. The lowest BCUT2D eigenvalue weighted by Crippen LogP contribution is -2.31. The van der Waals surface area contributed by atoms with E-state index in [0.717, 1.165) is 19.0 Å². The summed E-state index contributed by atoms with van der Waals surface area (Å²) in [4.78, 5) is 4.69. The molecule has 1 aliphatic rings. The van der Waals surface area contributed by atoms with Gasteiger partial charge in [-0.15, -0.1) is 0 Å². The first-order valence-electron chi connectivity index (χ1n) is 6.22. The lowest BCUT2D eigenvalue weighted by molar-refractivity contribution is 0.316. The Bertz CT molecular complexity index is 155. The monoisotopic (exact) mass is 213 g/mol. The van der Waals surface area contributed by atoms with E-state index < -0.39 is 0 Å². The maximum absolute atomic E-state index is 3.50. The van der Waals surface area contributed by atoms with Gasteiger partial charge in [-0.2, -0.15) is 0 Å². The molecule has 1 fully saturated rings. The van der Waals surface area contributed by atoms with Gasteiger partial charge in [-0.3, -0.25) is 0 Å². The summed E-state index contributed by atoms with van der Waals surface area (Å²) in [6.45, 7) is 5.97. The zero-order valence-electron chi connectivity index (χ0n) is 10.6. The third-order valence-electron chi connectivity index (χ3n) is 2.90. The predicted octanol–water partition coefficient (Wildman–Crippen LogP) is 0.870. The van der Waals surface area contributed by atoms with Crippen LogP contribution in [0.4, 0.5) is 0 Å². The molecule has 1 N–H and O–H groups in total. The molecule has 90 valence electrons. The summed E-state index contributed by atoms with van der Waals surface area (Å²) in [6, 6.07) is 0. The summed E-state index contributed by atoms with van der Waals surface area (Å²) in [5.74, 6) is 1.02. The highest BCUT2D eigenvalue weighted by Gasteiger charge is 2.22. The second-order valence-corrected chi connectivity index (χ2v) is 5.11. The van der Waals surface area contributed by atoms with Crippen molar-refractivity contribution in [1.82, 2.24) is 15.1 Å². The fourth-order valence-electron chi connectivity index (χ4n) is 1.75. The summed E-state index contributed by atoms with van der Waals surface area (Å²) in [6.07, 6.45) is 4.17. The summed E-state index contributed by atoms with van der Waals surface area (Å²) < 4.78 is 0. The third kappa shape index (κ3) is 7.77. The van der Waals surface area contributed by atoms with Crippen LogP contribution in [-0.2, 0) is 0 Å². The Morgan fingerprint density at radius 2 is 1.80 bits per heavy atom. The van der Waals surface area contributed by atoms with E-state index in [9.17, 15) is 0 Å². The van der Waals surface area contributed by atoms with E-state index in [1.54, 1.807) is 0 Å². The molecule has 15 heavy (non-hydrogen) atoms. The number of likely N-dealkylation sites (N-methyl/N-ethyl adjacent to an activating group) is 1. The van der Waals surface area contributed by atoms with Crippen LogP contribution in [0.2, 0.25) is 0 Å². The average Bonchev–Trinajstić information content (AvgIpc) is 2.94. The zero-order chi connectivity index (χ0) is 11.1. The molecule has 1 saturated carbocycles. The molecule has 0 bridgehead atoms. The predicted molar refractivity (Wildman–Crippen MR) is 66.3 cm³/mol. The van der Waals surface area contributed by atoms with Crippen molar-refractivity contribution in [2.75, 3.05) is 53.9 Å². The van der Waals surface area contributed by atoms with Gasteiger partial charge in [0, 0.05) is 19.6 Å². The second kappa shape index (κ2) is 7.20. The Kier molecular flexibility index (Phi) is 6.22. The van der Waals surface area contributed by atoms with Crippen LogP contribution >= 0.6 is 0 Å². The Balaban J connectivity index is 1.79. The highest BCUT2D eigenvalue weighted by Crippen LogP contribution is 2.29. The van der Waals surface area contributed by atoms with E-state index in [1.165, 1.54) is 38.9 Å². The summed E-state index contributed by atoms with van der Waals surface area (Å²) in [7, 11) is 6.49. The van der Waals surface area contributed by atoms with Gasteiger partial charge in [0.25, 0.3) is 0 Å². The average molecular weight is 213 g/mol. The third-order valence-corrected chi connectivity index (χ3v) is 2.90. The maximum Gasteiger partial charge on any atom is 0.0104 e. The molecule has 0 aromatic heterocycles. The molecule has 0 amide bonds. The van der Waals surface area contributed by atoms with E-state index in [2.05, 4.69) is 36.3 Å². The van der Waals surface area contributed by atoms with Crippen LogP contribution < -0.4 is 5.32 Å². The van der Waals surface area contributed by atoms with E-state index >= 15 is 0 Å². The van der Waals surface area contributed by atoms with E-state index in [4.69, 9.17) is 0 Å². The first kappa shape index (κ1) is 12.9. The molecule has 0 saturated heterocycles. The van der Waals surface area contributed by atoms with Crippen molar-refractivity contribution in [3.8, 4) is 0 Å². The van der Waals surface area contributed by atoms with E-state index in [0.29, 0.717) is 0 Å². The molecule has 0 aromatic carbocycles. The van der Waals surface area contributed by atoms with E-state index in [-0.39, 0.29) is 0 Å². The fraction of sp³-hybridized carbons (Fsp3) is 1.00. The Labute approximate surface area is 94.8 Å². The van der Waals surface area contributed by atoms with Crippen LogP contribution in [0.15, 0.2) is 0 Å². The number of rotatable bonds is 9. The van der Waals surface area contributed by atoms with Crippen LogP contribution in [0.1, 0.15) is 19.3 Å². The van der Waals surface area contributed by atoms with Crippen LogP contribution in [0.3, 0.4) is 0 Å². The number of nitrogens with one attached hydrogen (secondary N) is 1. The quantitative estimate of drug-likeness (QED) is 0.573. The number of nitrogens with zero attached hydrogens (tertiary/aromatic N) is 2. The van der Waals surface area contributed by atoms with Crippen molar-refractivity contribution in [3.05, 3.63) is 0 Å². The molecular weight excluding hydrogens is 186 g/mol. The molecular formula is C12H27N3. The van der Waals surface area contributed by atoms with Gasteiger partial charge in [-0.05, 0) is 59.4 Å². The normalized spacial score (nSPS) is 16.6. The smallest absolute Gasteiger partial charge is 0.0104 e. The molecule has 0 unspecified atom stereocenters. The molecule has 0 atom stereocenters. The summed E-state index contributed by atoms with van der Waals surface area (Å²) in [5, 5.41) is 3.50. The Hall–Kier alpha value is -0.120. The molecule has 0 radical (unpaired) electrons. The molecule has 1 rings (SSSR count). The molecule has 1 aliphatic carbocycles. The Morgan fingerprint density at radius 3 is 2.40 bits per heavy atom. The van der Waals surface area contributed by atoms with Crippen molar-refractivity contribution >= 4 is 0 Å². The number of hydrogen-bond acceptors (Lipinski definition) is 3. The molecule has 0 aromatic rings. The van der Waals surface area contributed by atoms with Gasteiger partial charge >= 0.3 is 0 Å². The van der Waals surface area contributed by atoms with Gasteiger partial charge in [0.15, 0.2) is 0 Å². The van der Waals surface area contributed by atoms with Crippen molar-refractivity contribution in [3.63, 3.8) is 0 Å². The topological polar surface area (TPSA) is 18.5 Å². The standard InChI is InChI=1S/C12H27N3/c1-14(2)9-4-7-13-8-10-15(3)11-12-5-6-12/h12-13H,4-11H2,1-3H3. The van der Waals surface area contributed by atoms with E-state index in [1.807, 2.05) is 0 Å². The van der Waals surface area contributed by atoms with Crippen molar-refractivity contribution in [2.45, 2.75) is 19.3 Å². The minimum atomic E-state index is 1.02. The van der Waals surface area contributed by atoms with Gasteiger partial charge in [0.1, 0.15) is 0 Å². The van der Waals surface area contributed by atoms with Crippen LogP contribution in [0.5, 0.6) is 0 Å². The van der Waals surface area contributed by atoms with Crippen molar-refractivity contribution in [1.29, 1.82) is 0 Å². The molecule has 0 heterocycles. The van der Waals surface area contributed by atoms with Gasteiger partial charge < -0.3 is 15.1 Å². The molecule has 0 spiro atoms. The molecule has 0 aliphatic heterocycles. The van der Waals surface area contributed by atoms with Crippen molar-refractivity contribution in [2.24, 2.45) is 5.92 Å². The summed E-state index contributed by atoms with van der Waals surface area (Å²) in [5.41, 5.74) is 0. The highest BCUT2D eigenvalue weighted by molar-refractivity contribution is 4.76. The fourth-order valence-corrected chi connectivity index (χ4v) is 1.75. The second-order valence-electron chi connectivity index (χ2n) is 5.11. The van der Waals surface area contributed by atoms with Crippen LogP contribution in [0.25, 0.3) is 0 Å². The molecule has 3 heteroatoms. The maximum atomic E-state index is 3.50. The lowest BCUT2D eigenvalue weighted by atomic mass is 10.3. The largest absolute Gasteiger partial charge is 0.315 e.